The molecular formula is C14H16ClF2NO. The maximum atomic E-state index is 12.3. The first-order chi connectivity index (χ1) is 8.60. The molecule has 0 aliphatic carbocycles. The predicted octanol–water partition coefficient (Wildman–Crippen LogP) is 3.93. The summed E-state index contributed by atoms with van der Waals surface area (Å²) < 4.78 is 29.7. The van der Waals surface area contributed by atoms with E-state index in [-0.39, 0.29) is 18.8 Å². The third-order valence-electron chi connectivity index (χ3n) is 2.93. The van der Waals surface area contributed by atoms with Crippen molar-refractivity contribution >= 4 is 23.2 Å². The smallest absolute Gasteiger partial charge is 0.240 e. The van der Waals surface area contributed by atoms with Crippen molar-refractivity contribution in [3.05, 3.63) is 42.0 Å². The van der Waals surface area contributed by atoms with Gasteiger partial charge in [-0.3, -0.25) is 0 Å². The van der Waals surface area contributed by atoms with E-state index >= 15 is 0 Å². The molecule has 104 valence electrons. The Balaban J connectivity index is 0.00000180. The van der Waals surface area contributed by atoms with Crippen molar-refractivity contribution in [1.82, 2.24) is 0 Å². The van der Waals surface area contributed by atoms with Crippen molar-refractivity contribution in [2.75, 3.05) is 7.11 Å². The minimum atomic E-state index is -2.38. The Morgan fingerprint density at radius 2 is 1.74 bits per heavy atom. The number of fused-ring (bicyclic) bond motifs is 1. The molecule has 0 saturated heterocycles. The average Bonchev–Trinajstić information content (AvgIpc) is 2.36. The van der Waals surface area contributed by atoms with Gasteiger partial charge in [0.05, 0.1) is 7.11 Å². The fourth-order valence-electron chi connectivity index (χ4n) is 1.93. The maximum Gasteiger partial charge on any atom is 0.240 e. The number of benzene rings is 2. The molecule has 1 atom stereocenters. The predicted molar refractivity (Wildman–Crippen MR) is 75.3 cm³/mol. The number of nitrogens with two attached hydrogens (primary N) is 1. The second kappa shape index (κ2) is 6.68. The van der Waals surface area contributed by atoms with E-state index in [0.29, 0.717) is 0 Å². The lowest BCUT2D eigenvalue weighted by Gasteiger charge is -2.12. The first-order valence-electron chi connectivity index (χ1n) is 5.71. The highest BCUT2D eigenvalue weighted by atomic mass is 35.5. The maximum absolute atomic E-state index is 12.3. The number of ether oxygens (including phenoxy) is 1. The van der Waals surface area contributed by atoms with Crippen molar-refractivity contribution < 1.29 is 13.5 Å². The van der Waals surface area contributed by atoms with Gasteiger partial charge in [-0.2, -0.15) is 0 Å². The van der Waals surface area contributed by atoms with Crippen LogP contribution in [0.4, 0.5) is 8.78 Å². The summed E-state index contributed by atoms with van der Waals surface area (Å²) in [6, 6.07) is 10.5. The normalized spacial score (nSPS) is 12.3. The molecule has 0 fully saturated rings. The summed E-state index contributed by atoms with van der Waals surface area (Å²) >= 11 is 0. The summed E-state index contributed by atoms with van der Waals surface area (Å²) in [4.78, 5) is 0. The average molecular weight is 288 g/mol. The van der Waals surface area contributed by atoms with Gasteiger partial charge in [0.2, 0.25) is 6.43 Å². The largest absolute Gasteiger partial charge is 0.497 e. The highest BCUT2D eigenvalue weighted by Crippen LogP contribution is 2.25. The second-order valence-corrected chi connectivity index (χ2v) is 4.21. The first kappa shape index (κ1) is 15.7. The fourth-order valence-corrected chi connectivity index (χ4v) is 1.93. The van der Waals surface area contributed by atoms with Gasteiger partial charge in [-0.15, -0.1) is 12.4 Å². The molecule has 2 aromatic rings. The third kappa shape index (κ3) is 3.78. The van der Waals surface area contributed by atoms with Gasteiger partial charge in [-0.05, 0) is 34.5 Å². The van der Waals surface area contributed by atoms with Crippen LogP contribution in [0.2, 0.25) is 0 Å². The summed E-state index contributed by atoms with van der Waals surface area (Å²) in [5.74, 6) is 0.770. The summed E-state index contributed by atoms with van der Waals surface area (Å²) in [5, 5.41) is 1.97. The van der Waals surface area contributed by atoms with E-state index in [1.807, 2.05) is 30.3 Å². The lowest BCUT2D eigenvalue weighted by molar-refractivity contribution is 0.128. The molecule has 0 radical (unpaired) electrons. The van der Waals surface area contributed by atoms with E-state index in [1.54, 1.807) is 13.2 Å². The molecule has 0 aliphatic heterocycles. The molecule has 0 spiro atoms. The number of hydrogen-bond acceptors (Lipinski definition) is 2. The molecule has 2 nitrogen and oxygen atoms in total. The van der Waals surface area contributed by atoms with E-state index in [9.17, 15) is 8.78 Å². The molecule has 0 amide bonds. The van der Waals surface area contributed by atoms with Gasteiger partial charge in [0.25, 0.3) is 0 Å². The third-order valence-corrected chi connectivity index (χ3v) is 2.93. The molecule has 2 N–H and O–H groups in total. The molecule has 0 aliphatic rings. The number of hydrogen-bond donors (Lipinski definition) is 1. The molecular weight excluding hydrogens is 272 g/mol. The summed E-state index contributed by atoms with van der Waals surface area (Å²) in [6.07, 6.45) is -2.70. The summed E-state index contributed by atoms with van der Waals surface area (Å²) in [5.41, 5.74) is 6.47. The van der Waals surface area contributed by atoms with Gasteiger partial charge in [-0.25, -0.2) is 8.78 Å². The van der Waals surface area contributed by atoms with Gasteiger partial charge in [-0.1, -0.05) is 18.2 Å². The zero-order valence-electron chi connectivity index (χ0n) is 10.5. The minimum absolute atomic E-state index is 0. The first-order valence-corrected chi connectivity index (χ1v) is 5.71. The topological polar surface area (TPSA) is 35.2 Å². The molecule has 0 unspecified atom stereocenters. The van der Waals surface area contributed by atoms with Gasteiger partial charge in [0.15, 0.2) is 0 Å². The molecule has 0 heterocycles. The van der Waals surface area contributed by atoms with Crippen LogP contribution in [0.5, 0.6) is 5.75 Å². The van der Waals surface area contributed by atoms with Gasteiger partial charge in [0, 0.05) is 12.5 Å². The van der Waals surface area contributed by atoms with Crippen molar-refractivity contribution in [2.24, 2.45) is 5.73 Å². The zero-order valence-corrected chi connectivity index (χ0v) is 11.3. The van der Waals surface area contributed by atoms with E-state index in [4.69, 9.17) is 10.5 Å². The van der Waals surface area contributed by atoms with Crippen LogP contribution < -0.4 is 10.5 Å². The highest BCUT2D eigenvalue weighted by molar-refractivity contribution is 5.85. The molecule has 2 aromatic carbocycles. The summed E-state index contributed by atoms with van der Waals surface area (Å²) in [7, 11) is 1.61. The minimum Gasteiger partial charge on any atom is -0.497 e. The Kier molecular flexibility index (Phi) is 5.51. The van der Waals surface area contributed by atoms with Crippen LogP contribution in [0, 0.1) is 0 Å². The van der Waals surface area contributed by atoms with Crippen molar-refractivity contribution in [2.45, 2.75) is 18.9 Å². The summed E-state index contributed by atoms with van der Waals surface area (Å²) in [6.45, 7) is 0. The number of alkyl halides is 2. The Morgan fingerprint density at radius 1 is 1.11 bits per heavy atom. The molecule has 0 aromatic heterocycles. The van der Waals surface area contributed by atoms with E-state index in [2.05, 4.69) is 0 Å². The van der Waals surface area contributed by atoms with E-state index < -0.39 is 12.5 Å². The monoisotopic (exact) mass is 287 g/mol. The molecule has 19 heavy (non-hydrogen) atoms. The quantitative estimate of drug-likeness (QED) is 0.925. The van der Waals surface area contributed by atoms with Gasteiger partial charge < -0.3 is 10.5 Å². The second-order valence-electron chi connectivity index (χ2n) is 4.21. The SMILES string of the molecule is COc1ccc2cc([C@H](N)CC(F)F)ccc2c1.Cl. The van der Waals surface area contributed by atoms with Gasteiger partial charge >= 0.3 is 0 Å². The van der Waals surface area contributed by atoms with Crippen LogP contribution in [0.3, 0.4) is 0 Å². The van der Waals surface area contributed by atoms with Crippen molar-refractivity contribution in [3.63, 3.8) is 0 Å². The van der Waals surface area contributed by atoms with Crippen molar-refractivity contribution in [3.8, 4) is 5.75 Å². The Labute approximate surface area is 117 Å². The zero-order chi connectivity index (χ0) is 13.1. The number of halogens is 3. The van der Waals surface area contributed by atoms with E-state index in [0.717, 1.165) is 22.1 Å². The number of rotatable bonds is 4. The van der Waals surface area contributed by atoms with Crippen molar-refractivity contribution in [1.29, 1.82) is 0 Å². The fraction of sp³-hybridized carbons (Fsp3) is 0.286. The lowest BCUT2D eigenvalue weighted by Crippen LogP contribution is -2.13. The molecule has 0 bridgehead atoms. The van der Waals surface area contributed by atoms with Crippen LogP contribution >= 0.6 is 12.4 Å². The molecule has 0 saturated carbocycles. The molecule has 2 rings (SSSR count). The molecule has 5 heteroatoms. The van der Waals surface area contributed by atoms with Crippen LogP contribution in [0.1, 0.15) is 18.0 Å². The lowest BCUT2D eigenvalue weighted by atomic mass is 10.0. The Bertz CT molecular complexity index is 548. The van der Waals surface area contributed by atoms with Crippen LogP contribution in [-0.2, 0) is 0 Å². The van der Waals surface area contributed by atoms with Crippen LogP contribution in [0.15, 0.2) is 36.4 Å². The van der Waals surface area contributed by atoms with Gasteiger partial charge in [0.1, 0.15) is 5.75 Å². The standard InChI is InChI=1S/C14H15F2NO.ClH/c1-18-12-5-4-9-6-11(3-2-10(9)7-12)13(17)8-14(15)16;/h2-7,13-14H,8,17H2,1H3;1H/t13-;/m1./s1. The van der Waals surface area contributed by atoms with Crippen LogP contribution in [0.25, 0.3) is 10.8 Å². The Morgan fingerprint density at radius 3 is 2.37 bits per heavy atom. The van der Waals surface area contributed by atoms with E-state index in [1.165, 1.54) is 0 Å². The number of methoxy groups -OCH3 is 1. The highest BCUT2D eigenvalue weighted by Gasteiger charge is 2.13. The Hall–Kier alpha value is -1.39. The van der Waals surface area contributed by atoms with Crippen LogP contribution in [-0.4, -0.2) is 13.5 Å².